The van der Waals surface area contributed by atoms with E-state index < -0.39 is 0 Å². The third kappa shape index (κ3) is 1.18. The first-order valence-corrected chi connectivity index (χ1v) is 4.30. The third-order valence-electron chi connectivity index (χ3n) is 1.45. The van der Waals surface area contributed by atoms with Crippen LogP contribution in [0.25, 0.3) is 5.00 Å². The van der Waals surface area contributed by atoms with Crippen molar-refractivity contribution < 1.29 is 0 Å². The maximum absolute atomic E-state index is 5.49. The van der Waals surface area contributed by atoms with Gasteiger partial charge in [-0.05, 0) is 12.5 Å². The van der Waals surface area contributed by atoms with Gasteiger partial charge in [-0.25, -0.2) is 9.67 Å². The van der Waals surface area contributed by atoms with Crippen molar-refractivity contribution in [2.24, 2.45) is 0 Å². The Hall–Kier alpha value is -1.36. The molecular weight excluding hydrogens is 172 g/mol. The van der Waals surface area contributed by atoms with Crippen LogP contribution in [0.4, 0.5) is 5.13 Å². The van der Waals surface area contributed by atoms with Gasteiger partial charge in [0.1, 0.15) is 5.00 Å². The van der Waals surface area contributed by atoms with Crippen LogP contribution >= 0.6 is 11.3 Å². The zero-order valence-corrected chi connectivity index (χ0v) is 7.38. The molecule has 0 bridgehead atoms. The highest BCUT2D eigenvalue weighted by Crippen LogP contribution is 2.18. The summed E-state index contributed by atoms with van der Waals surface area (Å²) in [6, 6.07) is 0. The Morgan fingerprint density at radius 3 is 2.83 bits per heavy atom. The number of thiazole rings is 1. The van der Waals surface area contributed by atoms with Crippen molar-refractivity contribution in [1.82, 2.24) is 14.8 Å². The predicted octanol–water partition coefficient (Wildman–Crippen LogP) is 1.22. The van der Waals surface area contributed by atoms with Crippen LogP contribution in [-0.4, -0.2) is 14.8 Å². The quantitative estimate of drug-likeness (QED) is 0.717. The minimum Gasteiger partial charge on any atom is -0.375 e. The maximum atomic E-state index is 5.49. The second-order valence-electron chi connectivity index (χ2n) is 2.50. The van der Waals surface area contributed by atoms with E-state index in [-0.39, 0.29) is 0 Å². The van der Waals surface area contributed by atoms with E-state index in [1.165, 1.54) is 11.3 Å². The number of hydrogen-bond acceptors (Lipinski definition) is 4. The highest BCUT2D eigenvalue weighted by Gasteiger charge is 2.01. The molecule has 5 heteroatoms. The SMILES string of the molecule is Cc1cnn(-c2cnc(N)s2)c1. The highest BCUT2D eigenvalue weighted by molar-refractivity contribution is 7.17. The summed E-state index contributed by atoms with van der Waals surface area (Å²) in [6.45, 7) is 1.99. The lowest BCUT2D eigenvalue weighted by atomic mass is 10.4. The average molecular weight is 180 g/mol. The summed E-state index contributed by atoms with van der Waals surface area (Å²) in [5.41, 5.74) is 6.62. The molecule has 0 aliphatic carbocycles. The van der Waals surface area contributed by atoms with Gasteiger partial charge in [-0.3, -0.25) is 0 Å². The lowest BCUT2D eigenvalue weighted by Gasteiger charge is -1.91. The molecule has 62 valence electrons. The van der Waals surface area contributed by atoms with Gasteiger partial charge in [0, 0.05) is 6.20 Å². The van der Waals surface area contributed by atoms with Gasteiger partial charge >= 0.3 is 0 Å². The van der Waals surface area contributed by atoms with Crippen molar-refractivity contribution in [2.75, 3.05) is 5.73 Å². The van der Waals surface area contributed by atoms with Gasteiger partial charge in [0.2, 0.25) is 0 Å². The number of rotatable bonds is 1. The molecule has 0 spiro atoms. The molecule has 2 rings (SSSR count). The summed E-state index contributed by atoms with van der Waals surface area (Å²) in [6.07, 6.45) is 5.45. The summed E-state index contributed by atoms with van der Waals surface area (Å²) in [7, 11) is 0. The van der Waals surface area contributed by atoms with Crippen molar-refractivity contribution in [2.45, 2.75) is 6.92 Å². The van der Waals surface area contributed by atoms with Gasteiger partial charge in [-0.15, -0.1) is 0 Å². The van der Waals surface area contributed by atoms with Crippen LogP contribution in [0, 0.1) is 6.92 Å². The van der Waals surface area contributed by atoms with Gasteiger partial charge in [0.25, 0.3) is 0 Å². The Morgan fingerprint density at radius 1 is 1.50 bits per heavy atom. The fraction of sp³-hybridized carbons (Fsp3) is 0.143. The monoisotopic (exact) mass is 180 g/mol. The van der Waals surface area contributed by atoms with E-state index >= 15 is 0 Å². The topological polar surface area (TPSA) is 56.7 Å². The zero-order chi connectivity index (χ0) is 8.55. The second-order valence-corrected chi connectivity index (χ2v) is 3.54. The molecule has 0 unspecified atom stereocenters. The minimum absolute atomic E-state index is 0.568. The molecule has 2 aromatic heterocycles. The number of aryl methyl sites for hydroxylation is 1. The summed E-state index contributed by atoms with van der Waals surface area (Å²) in [5, 5.41) is 5.64. The van der Waals surface area contributed by atoms with Gasteiger partial charge in [-0.2, -0.15) is 5.10 Å². The van der Waals surface area contributed by atoms with E-state index in [1.807, 2.05) is 13.1 Å². The van der Waals surface area contributed by atoms with E-state index in [4.69, 9.17) is 5.73 Å². The fourth-order valence-electron chi connectivity index (χ4n) is 0.918. The number of aromatic nitrogens is 3. The third-order valence-corrected chi connectivity index (χ3v) is 2.27. The van der Waals surface area contributed by atoms with Crippen LogP contribution in [-0.2, 0) is 0 Å². The van der Waals surface area contributed by atoms with Crippen LogP contribution in [0.5, 0.6) is 0 Å². The molecule has 0 aliphatic heterocycles. The summed E-state index contributed by atoms with van der Waals surface area (Å²) < 4.78 is 1.77. The number of nitrogen functional groups attached to an aromatic ring is 1. The molecule has 0 fully saturated rings. The molecule has 0 radical (unpaired) electrons. The molecule has 2 heterocycles. The number of nitrogens with zero attached hydrogens (tertiary/aromatic N) is 3. The molecule has 0 aliphatic rings. The number of nitrogens with two attached hydrogens (primary N) is 1. The summed E-state index contributed by atoms with van der Waals surface area (Å²) in [4.78, 5) is 3.94. The number of anilines is 1. The molecular formula is C7H8N4S. The fourth-order valence-corrected chi connectivity index (χ4v) is 1.54. The van der Waals surface area contributed by atoms with Crippen molar-refractivity contribution in [1.29, 1.82) is 0 Å². The number of hydrogen-bond donors (Lipinski definition) is 1. The average Bonchev–Trinajstić information content (AvgIpc) is 2.58. The van der Waals surface area contributed by atoms with Crippen molar-refractivity contribution in [3.05, 3.63) is 24.2 Å². The summed E-state index contributed by atoms with van der Waals surface area (Å²) in [5.74, 6) is 0. The predicted molar refractivity (Wildman–Crippen MR) is 48.4 cm³/mol. The second kappa shape index (κ2) is 2.60. The van der Waals surface area contributed by atoms with E-state index in [2.05, 4.69) is 10.1 Å². The summed E-state index contributed by atoms with van der Waals surface area (Å²) >= 11 is 1.42. The smallest absolute Gasteiger partial charge is 0.182 e. The van der Waals surface area contributed by atoms with Gasteiger partial charge in [0.05, 0.1) is 12.4 Å². The van der Waals surface area contributed by atoms with Crippen molar-refractivity contribution in [3.63, 3.8) is 0 Å². The minimum atomic E-state index is 0.568. The van der Waals surface area contributed by atoms with Crippen molar-refractivity contribution >= 4 is 16.5 Å². The Bertz CT molecular complexity index is 351. The molecule has 4 nitrogen and oxygen atoms in total. The van der Waals surface area contributed by atoms with E-state index in [1.54, 1.807) is 17.1 Å². The standard InChI is InChI=1S/C7H8N4S/c1-5-2-10-11(4-5)6-3-9-7(8)12-6/h2-4H,1H3,(H2,8,9). The Kier molecular flexibility index (Phi) is 1.58. The van der Waals surface area contributed by atoms with E-state index in [0.29, 0.717) is 5.13 Å². The maximum Gasteiger partial charge on any atom is 0.182 e. The molecule has 0 amide bonds. The van der Waals surface area contributed by atoms with Crippen LogP contribution in [0.2, 0.25) is 0 Å². The van der Waals surface area contributed by atoms with E-state index in [0.717, 1.165) is 10.6 Å². The molecule has 0 aromatic carbocycles. The first-order chi connectivity index (χ1) is 5.75. The van der Waals surface area contributed by atoms with Crippen LogP contribution < -0.4 is 5.73 Å². The van der Waals surface area contributed by atoms with Crippen LogP contribution in [0.1, 0.15) is 5.56 Å². The van der Waals surface area contributed by atoms with Gasteiger partial charge in [0.15, 0.2) is 5.13 Å². The Balaban J connectivity index is 2.43. The molecule has 2 aromatic rings. The molecule has 0 atom stereocenters. The lowest BCUT2D eigenvalue weighted by Crippen LogP contribution is -1.88. The normalized spacial score (nSPS) is 10.4. The molecule has 0 saturated heterocycles. The first-order valence-electron chi connectivity index (χ1n) is 3.48. The first kappa shape index (κ1) is 7.30. The van der Waals surface area contributed by atoms with Crippen molar-refractivity contribution in [3.8, 4) is 5.00 Å². The van der Waals surface area contributed by atoms with Crippen LogP contribution in [0.15, 0.2) is 18.6 Å². The Labute approximate surface area is 73.7 Å². The lowest BCUT2D eigenvalue weighted by molar-refractivity contribution is 0.894. The largest absolute Gasteiger partial charge is 0.375 e. The molecule has 12 heavy (non-hydrogen) atoms. The molecule has 2 N–H and O–H groups in total. The van der Waals surface area contributed by atoms with E-state index in [9.17, 15) is 0 Å². The van der Waals surface area contributed by atoms with Gasteiger partial charge in [-0.1, -0.05) is 11.3 Å². The van der Waals surface area contributed by atoms with Gasteiger partial charge < -0.3 is 5.73 Å². The Morgan fingerprint density at radius 2 is 2.33 bits per heavy atom. The zero-order valence-electron chi connectivity index (χ0n) is 6.56. The highest BCUT2D eigenvalue weighted by atomic mass is 32.1. The van der Waals surface area contributed by atoms with Crippen LogP contribution in [0.3, 0.4) is 0 Å². The molecule has 0 saturated carbocycles.